The lowest BCUT2D eigenvalue weighted by Gasteiger charge is -2.13. The summed E-state index contributed by atoms with van der Waals surface area (Å²) in [5.41, 5.74) is 0.107. The zero-order chi connectivity index (χ0) is 13.1. The number of para-hydroxylation sites is 1. The molecule has 0 unspecified atom stereocenters. The molecule has 1 N–H and O–H groups in total. The molecule has 8 heteroatoms. The molecule has 0 saturated heterocycles. The van der Waals surface area contributed by atoms with Gasteiger partial charge in [0.15, 0.2) is 0 Å². The first kappa shape index (κ1) is 13.8. The second-order valence-electron chi connectivity index (χ2n) is 3.25. The van der Waals surface area contributed by atoms with E-state index in [-0.39, 0.29) is 12.1 Å². The molecule has 0 bridgehead atoms. The molecule has 0 saturated carbocycles. The smallest absolute Gasteiger partial charge is 0.405 e. The minimum absolute atomic E-state index is 0.107. The maximum atomic E-state index is 12.0. The fraction of sp³-hybridized carbons (Fsp3) is 0.333. The Morgan fingerprint density at radius 1 is 1.29 bits per heavy atom. The number of rotatable bonds is 4. The molecule has 0 fully saturated rings. The Morgan fingerprint density at radius 3 is 2.41 bits per heavy atom. The van der Waals surface area contributed by atoms with Crippen molar-refractivity contribution in [1.82, 2.24) is 4.72 Å². The van der Waals surface area contributed by atoms with Crippen LogP contribution in [0.15, 0.2) is 24.3 Å². The van der Waals surface area contributed by atoms with Crippen LogP contribution in [-0.4, -0.2) is 21.0 Å². The number of alkyl halides is 3. The van der Waals surface area contributed by atoms with Gasteiger partial charge in [-0.25, -0.2) is 13.1 Å². The molecule has 1 rings (SSSR count). The van der Waals surface area contributed by atoms with Gasteiger partial charge in [0.05, 0.1) is 6.26 Å². The van der Waals surface area contributed by atoms with Crippen LogP contribution in [0.2, 0.25) is 0 Å². The van der Waals surface area contributed by atoms with E-state index in [0.717, 1.165) is 12.3 Å². The van der Waals surface area contributed by atoms with Crippen LogP contribution < -0.4 is 9.46 Å². The van der Waals surface area contributed by atoms with Gasteiger partial charge < -0.3 is 4.74 Å². The summed E-state index contributed by atoms with van der Waals surface area (Å²) in [7, 11) is -3.47. The lowest BCUT2D eigenvalue weighted by atomic mass is 10.2. The van der Waals surface area contributed by atoms with Crippen molar-refractivity contribution in [3.8, 4) is 5.75 Å². The van der Waals surface area contributed by atoms with Crippen molar-refractivity contribution in [2.24, 2.45) is 0 Å². The molecule has 0 radical (unpaired) electrons. The highest BCUT2D eigenvalue weighted by Gasteiger charge is 2.31. The van der Waals surface area contributed by atoms with Crippen LogP contribution in [-0.2, 0) is 16.6 Å². The molecular formula is C9H10F3NO3S. The number of halogens is 3. The molecule has 0 atom stereocenters. The second-order valence-corrected chi connectivity index (χ2v) is 5.08. The van der Waals surface area contributed by atoms with Crippen molar-refractivity contribution in [2.45, 2.75) is 12.9 Å². The Kier molecular flexibility index (Phi) is 3.99. The standard InChI is InChI=1S/C9H10F3NO3S/c1-17(14,15)13-6-7-4-2-3-5-8(7)16-9(10,11)12/h2-5,13H,6H2,1H3. The molecule has 0 aliphatic carbocycles. The van der Waals surface area contributed by atoms with E-state index in [1.54, 1.807) is 0 Å². The van der Waals surface area contributed by atoms with Gasteiger partial charge in [-0.2, -0.15) is 0 Å². The van der Waals surface area contributed by atoms with E-state index < -0.39 is 22.1 Å². The van der Waals surface area contributed by atoms with Crippen molar-refractivity contribution in [3.05, 3.63) is 29.8 Å². The number of hydrogen-bond acceptors (Lipinski definition) is 3. The van der Waals surface area contributed by atoms with Gasteiger partial charge in [0, 0.05) is 12.1 Å². The average Bonchev–Trinajstić information content (AvgIpc) is 2.12. The normalized spacial score (nSPS) is 12.5. The molecule has 1 aromatic carbocycles. The van der Waals surface area contributed by atoms with Crippen molar-refractivity contribution in [2.75, 3.05) is 6.26 Å². The van der Waals surface area contributed by atoms with E-state index in [1.807, 2.05) is 0 Å². The molecule has 0 heterocycles. The zero-order valence-corrected chi connectivity index (χ0v) is 9.60. The molecule has 96 valence electrons. The van der Waals surface area contributed by atoms with Crippen LogP contribution in [0.4, 0.5) is 13.2 Å². The highest BCUT2D eigenvalue weighted by molar-refractivity contribution is 7.88. The minimum Gasteiger partial charge on any atom is -0.405 e. The summed E-state index contributed by atoms with van der Waals surface area (Å²) in [6.45, 7) is -0.259. The van der Waals surface area contributed by atoms with Gasteiger partial charge in [0.25, 0.3) is 0 Å². The Bertz CT molecular complexity index is 485. The van der Waals surface area contributed by atoms with Gasteiger partial charge in [-0.05, 0) is 6.07 Å². The summed E-state index contributed by atoms with van der Waals surface area (Å²) in [5.74, 6) is -0.420. The quantitative estimate of drug-likeness (QED) is 0.904. The third-order valence-electron chi connectivity index (χ3n) is 1.72. The van der Waals surface area contributed by atoms with Crippen LogP contribution in [0.25, 0.3) is 0 Å². The van der Waals surface area contributed by atoms with Crippen molar-refractivity contribution < 1.29 is 26.3 Å². The highest BCUT2D eigenvalue weighted by Crippen LogP contribution is 2.26. The lowest BCUT2D eigenvalue weighted by Crippen LogP contribution is -2.23. The maximum Gasteiger partial charge on any atom is 0.573 e. The van der Waals surface area contributed by atoms with E-state index in [2.05, 4.69) is 9.46 Å². The second kappa shape index (κ2) is 4.92. The largest absolute Gasteiger partial charge is 0.573 e. The SMILES string of the molecule is CS(=O)(=O)NCc1ccccc1OC(F)(F)F. The fourth-order valence-corrected chi connectivity index (χ4v) is 1.50. The third-order valence-corrected chi connectivity index (χ3v) is 2.39. The summed E-state index contributed by atoms with van der Waals surface area (Å²) in [6, 6.07) is 5.32. The van der Waals surface area contributed by atoms with Gasteiger partial charge in [-0.3, -0.25) is 0 Å². The first-order valence-corrected chi connectivity index (χ1v) is 6.35. The number of ether oxygens (including phenoxy) is 1. The van der Waals surface area contributed by atoms with Gasteiger partial charge in [0.2, 0.25) is 10.0 Å². The van der Waals surface area contributed by atoms with Crippen LogP contribution in [0.5, 0.6) is 5.75 Å². The molecule has 0 aromatic heterocycles. The summed E-state index contributed by atoms with van der Waals surface area (Å²) >= 11 is 0. The molecule has 0 amide bonds. The zero-order valence-electron chi connectivity index (χ0n) is 8.78. The molecule has 0 aliphatic heterocycles. The van der Waals surface area contributed by atoms with E-state index in [4.69, 9.17) is 0 Å². The Morgan fingerprint density at radius 2 is 1.88 bits per heavy atom. The van der Waals surface area contributed by atoms with Gasteiger partial charge >= 0.3 is 6.36 Å². The van der Waals surface area contributed by atoms with Gasteiger partial charge in [-0.15, -0.1) is 13.2 Å². The van der Waals surface area contributed by atoms with E-state index in [0.29, 0.717) is 0 Å². The average molecular weight is 269 g/mol. The molecule has 4 nitrogen and oxygen atoms in total. The minimum atomic E-state index is -4.80. The van der Waals surface area contributed by atoms with Crippen molar-refractivity contribution in [1.29, 1.82) is 0 Å². The Hall–Kier alpha value is -1.28. The third kappa shape index (κ3) is 5.55. The topological polar surface area (TPSA) is 55.4 Å². The number of sulfonamides is 1. The number of benzene rings is 1. The summed E-state index contributed by atoms with van der Waals surface area (Å²) in [6.07, 6.45) is -3.89. The van der Waals surface area contributed by atoms with Gasteiger partial charge in [-0.1, -0.05) is 18.2 Å². The van der Waals surface area contributed by atoms with Crippen molar-refractivity contribution in [3.63, 3.8) is 0 Å². The van der Waals surface area contributed by atoms with Crippen molar-refractivity contribution >= 4 is 10.0 Å². The van der Waals surface area contributed by atoms with Crippen LogP contribution >= 0.6 is 0 Å². The monoisotopic (exact) mass is 269 g/mol. The Labute approximate surface area is 96.4 Å². The first-order chi connectivity index (χ1) is 7.67. The fourth-order valence-electron chi connectivity index (χ4n) is 1.08. The van der Waals surface area contributed by atoms with E-state index in [9.17, 15) is 21.6 Å². The maximum absolute atomic E-state index is 12.0. The van der Waals surface area contributed by atoms with E-state index in [1.165, 1.54) is 18.2 Å². The highest BCUT2D eigenvalue weighted by atomic mass is 32.2. The predicted octanol–water partition coefficient (Wildman–Crippen LogP) is 1.63. The lowest BCUT2D eigenvalue weighted by molar-refractivity contribution is -0.274. The predicted molar refractivity (Wildman–Crippen MR) is 54.8 cm³/mol. The van der Waals surface area contributed by atoms with Crippen LogP contribution in [0.1, 0.15) is 5.56 Å². The van der Waals surface area contributed by atoms with E-state index >= 15 is 0 Å². The molecule has 17 heavy (non-hydrogen) atoms. The molecular weight excluding hydrogens is 259 g/mol. The summed E-state index contributed by atoms with van der Waals surface area (Å²) in [5, 5.41) is 0. The molecule has 0 aliphatic rings. The number of hydrogen-bond donors (Lipinski definition) is 1. The Balaban J connectivity index is 2.85. The molecule has 0 spiro atoms. The summed E-state index contributed by atoms with van der Waals surface area (Å²) in [4.78, 5) is 0. The van der Waals surface area contributed by atoms with Crippen LogP contribution in [0, 0.1) is 0 Å². The molecule has 1 aromatic rings. The first-order valence-electron chi connectivity index (χ1n) is 4.46. The summed E-state index contributed by atoms with van der Waals surface area (Å²) < 4.78 is 63.6. The van der Waals surface area contributed by atoms with Gasteiger partial charge in [0.1, 0.15) is 5.75 Å². The van der Waals surface area contributed by atoms with Crippen LogP contribution in [0.3, 0.4) is 0 Å². The number of nitrogens with one attached hydrogen (secondary N) is 1.